The lowest BCUT2D eigenvalue weighted by Gasteiger charge is -2.20. The van der Waals surface area contributed by atoms with Crippen molar-refractivity contribution in [3.05, 3.63) is 0 Å². The average molecular weight is 453 g/mol. The Morgan fingerprint density at radius 2 is 0.929 bits per heavy atom. The molecule has 2 rings (SSSR count). The van der Waals surface area contributed by atoms with Crippen LogP contribution in [-0.4, -0.2) is 115 Å². The first-order valence-electron chi connectivity index (χ1n) is 9.14. The second-order valence-corrected chi connectivity index (χ2v) is 7.34. The van der Waals surface area contributed by atoms with E-state index in [1.807, 2.05) is 0 Å². The van der Waals surface area contributed by atoms with Crippen LogP contribution >= 0.6 is 24.8 Å². The van der Waals surface area contributed by atoms with Gasteiger partial charge < -0.3 is 51.5 Å². The summed E-state index contributed by atoms with van der Waals surface area (Å²) in [7, 11) is 0. The van der Waals surface area contributed by atoms with Crippen molar-refractivity contribution in [1.29, 1.82) is 0 Å². The summed E-state index contributed by atoms with van der Waals surface area (Å²) in [4.78, 5) is 0. The van der Waals surface area contributed by atoms with Gasteiger partial charge >= 0.3 is 0 Å². The second kappa shape index (κ2) is 12.8. The molecule has 170 valence electrons. The van der Waals surface area contributed by atoms with Gasteiger partial charge in [-0.05, 0) is 12.8 Å². The Balaban J connectivity index is 0.00000364. The summed E-state index contributed by atoms with van der Waals surface area (Å²) >= 11 is 0. The predicted molar refractivity (Wildman–Crippen MR) is 105 cm³/mol. The first-order chi connectivity index (χ1) is 12.3. The van der Waals surface area contributed by atoms with Gasteiger partial charge in [-0.1, -0.05) is 12.8 Å². The van der Waals surface area contributed by atoms with E-state index in [4.69, 9.17) is 10.2 Å². The summed E-state index contributed by atoms with van der Waals surface area (Å²) in [5, 5.41) is 83.1. The molecule has 0 aliphatic carbocycles. The topological polar surface area (TPSA) is 186 Å². The molecule has 0 bridgehead atoms. The highest BCUT2D eigenvalue weighted by molar-refractivity contribution is 5.85. The van der Waals surface area contributed by atoms with Crippen LogP contribution in [0.3, 0.4) is 0 Å². The molecular weight excluding hydrogens is 419 g/mol. The number of hydrogen-bond donors (Lipinski definition) is 10. The van der Waals surface area contributed by atoms with Crippen molar-refractivity contribution in [3.63, 3.8) is 0 Å². The van der Waals surface area contributed by atoms with Crippen LogP contribution in [0.15, 0.2) is 0 Å². The molecule has 0 amide bonds. The molecule has 28 heavy (non-hydrogen) atoms. The summed E-state index contributed by atoms with van der Waals surface area (Å²) in [5.74, 6) is 0. The Labute approximate surface area is 176 Å². The lowest BCUT2D eigenvalue weighted by atomic mass is 9.98. The number of nitrogens with one attached hydrogen (secondary N) is 2. The number of hydrogen-bond acceptors (Lipinski definition) is 10. The van der Waals surface area contributed by atoms with Crippen LogP contribution < -0.4 is 10.6 Å². The quantitative estimate of drug-likeness (QED) is 0.155. The summed E-state index contributed by atoms with van der Waals surface area (Å²) in [6.45, 7) is -1.02. The van der Waals surface area contributed by atoms with Gasteiger partial charge in [0, 0.05) is 12.1 Å². The van der Waals surface area contributed by atoms with E-state index in [-0.39, 0.29) is 24.8 Å². The summed E-state index contributed by atoms with van der Waals surface area (Å²) in [5.41, 5.74) is 0. The van der Waals surface area contributed by atoms with Gasteiger partial charge in [0.25, 0.3) is 0 Å². The monoisotopic (exact) mass is 452 g/mol. The number of rotatable bonds is 9. The largest absolute Gasteiger partial charge is 0.394 e. The van der Waals surface area contributed by atoms with E-state index < -0.39 is 74.0 Å². The van der Waals surface area contributed by atoms with Gasteiger partial charge in [0.05, 0.1) is 61.9 Å². The molecule has 0 aromatic carbocycles. The normalized spacial score (nSPS) is 39.9. The Morgan fingerprint density at radius 3 is 1.21 bits per heavy atom. The highest BCUT2D eigenvalue weighted by Gasteiger charge is 2.45. The predicted octanol–water partition coefficient (Wildman–Crippen LogP) is -3.78. The zero-order chi connectivity index (χ0) is 19.4. The molecule has 0 unspecified atom stereocenters. The van der Waals surface area contributed by atoms with Crippen LogP contribution in [0.5, 0.6) is 0 Å². The van der Waals surface area contributed by atoms with E-state index in [0.717, 1.165) is 0 Å². The fourth-order valence-electron chi connectivity index (χ4n) is 3.93. The van der Waals surface area contributed by atoms with Crippen molar-refractivity contribution in [3.8, 4) is 0 Å². The first kappa shape index (κ1) is 28.2. The van der Waals surface area contributed by atoms with Crippen LogP contribution in [0.25, 0.3) is 0 Å². The van der Waals surface area contributed by atoms with Crippen molar-refractivity contribution in [1.82, 2.24) is 10.6 Å². The third kappa shape index (κ3) is 6.34. The smallest absolute Gasteiger partial charge is 0.0993 e. The fraction of sp³-hybridized carbons (Fsp3) is 1.00. The van der Waals surface area contributed by atoms with Gasteiger partial charge in [-0.25, -0.2) is 0 Å². The highest BCUT2D eigenvalue weighted by atomic mass is 35.5. The standard InChI is InChI=1S/C16H32N2O8.2ClH/c19-5-9(21)11-15(25)13(23)7(17-11)3-1-2-4-8-14(24)16(26)12(18-8)10(22)6-20;;/h7-26H,1-6H2;2*1H/t7-,8-,9-,10-,11+,12+,13+,14+,15+,16+;;/m1../s1. The van der Waals surface area contributed by atoms with Crippen molar-refractivity contribution in [2.75, 3.05) is 13.2 Å². The van der Waals surface area contributed by atoms with Gasteiger partial charge in [0.2, 0.25) is 0 Å². The molecule has 2 fully saturated rings. The molecule has 10 nitrogen and oxygen atoms in total. The van der Waals surface area contributed by atoms with Crippen LogP contribution in [0.2, 0.25) is 0 Å². The number of aliphatic hydroxyl groups is 8. The molecule has 0 aromatic heterocycles. The second-order valence-electron chi connectivity index (χ2n) is 7.34. The minimum Gasteiger partial charge on any atom is -0.394 e. The van der Waals surface area contributed by atoms with Crippen molar-refractivity contribution in [2.45, 2.75) is 86.5 Å². The summed E-state index contributed by atoms with van der Waals surface area (Å²) < 4.78 is 0. The Bertz CT molecular complexity index is 403. The van der Waals surface area contributed by atoms with Gasteiger partial charge in [-0.3, -0.25) is 0 Å². The molecule has 12 heteroatoms. The molecule has 2 aliphatic heterocycles. The molecule has 2 heterocycles. The van der Waals surface area contributed by atoms with E-state index >= 15 is 0 Å². The lowest BCUT2D eigenvalue weighted by Crippen LogP contribution is -2.45. The van der Waals surface area contributed by atoms with Crippen molar-refractivity contribution in [2.24, 2.45) is 0 Å². The minimum atomic E-state index is -1.16. The molecule has 0 saturated carbocycles. The Hall–Kier alpha value is 0.180. The molecular formula is C16H34Cl2N2O8. The molecule has 0 aromatic rings. The number of aliphatic hydroxyl groups excluding tert-OH is 8. The van der Waals surface area contributed by atoms with Crippen LogP contribution in [0.4, 0.5) is 0 Å². The molecule has 10 N–H and O–H groups in total. The SMILES string of the molecule is Cl.Cl.OC[C@@H](O)[C@@H]1N[C@H](CCCC[C@H]2N[C@@H]([C@H](O)CO)[C@H](O)[C@H]2O)[C@H](O)[C@H]1O. The van der Waals surface area contributed by atoms with Gasteiger partial charge in [0.1, 0.15) is 0 Å². The molecule has 0 spiro atoms. The molecule has 0 radical (unpaired) electrons. The van der Waals surface area contributed by atoms with Crippen molar-refractivity contribution >= 4 is 24.8 Å². The molecule has 2 saturated heterocycles. The fourth-order valence-corrected chi connectivity index (χ4v) is 3.93. The third-order valence-corrected chi connectivity index (χ3v) is 5.56. The molecule has 2 aliphatic rings. The summed E-state index contributed by atoms with van der Waals surface area (Å²) in [6.07, 6.45) is -4.31. The zero-order valence-corrected chi connectivity index (χ0v) is 17.0. The number of halogens is 2. The zero-order valence-electron chi connectivity index (χ0n) is 15.4. The Kier molecular flexibility index (Phi) is 12.9. The average Bonchev–Trinajstić information content (AvgIpc) is 3.09. The minimum absolute atomic E-state index is 0. The maximum absolute atomic E-state index is 10.0. The van der Waals surface area contributed by atoms with Crippen LogP contribution in [0.1, 0.15) is 25.7 Å². The van der Waals surface area contributed by atoms with Gasteiger partial charge in [0.15, 0.2) is 0 Å². The van der Waals surface area contributed by atoms with Crippen LogP contribution in [0, 0.1) is 0 Å². The van der Waals surface area contributed by atoms with E-state index in [0.29, 0.717) is 25.7 Å². The van der Waals surface area contributed by atoms with Crippen LogP contribution in [-0.2, 0) is 0 Å². The Morgan fingerprint density at radius 1 is 0.607 bits per heavy atom. The number of unbranched alkanes of at least 4 members (excludes halogenated alkanes) is 1. The molecule has 10 atom stereocenters. The third-order valence-electron chi connectivity index (χ3n) is 5.56. The van der Waals surface area contributed by atoms with Gasteiger partial charge in [-0.2, -0.15) is 0 Å². The van der Waals surface area contributed by atoms with E-state index in [2.05, 4.69) is 10.6 Å². The highest BCUT2D eigenvalue weighted by Crippen LogP contribution is 2.24. The summed E-state index contributed by atoms with van der Waals surface area (Å²) in [6, 6.07) is -2.39. The lowest BCUT2D eigenvalue weighted by molar-refractivity contribution is -0.0138. The van der Waals surface area contributed by atoms with Gasteiger partial charge in [-0.15, -0.1) is 24.8 Å². The van der Waals surface area contributed by atoms with E-state index in [9.17, 15) is 30.6 Å². The van der Waals surface area contributed by atoms with E-state index in [1.165, 1.54) is 0 Å². The first-order valence-corrected chi connectivity index (χ1v) is 9.14. The maximum atomic E-state index is 10.0. The van der Waals surface area contributed by atoms with Crippen molar-refractivity contribution < 1.29 is 40.9 Å². The maximum Gasteiger partial charge on any atom is 0.0993 e. The van der Waals surface area contributed by atoms with E-state index in [1.54, 1.807) is 0 Å².